The summed E-state index contributed by atoms with van der Waals surface area (Å²) < 4.78 is 5.56. The van der Waals surface area contributed by atoms with Crippen LogP contribution >= 0.6 is 0 Å². The average Bonchev–Trinajstić information content (AvgIpc) is 2.35. The van der Waals surface area contributed by atoms with E-state index in [2.05, 4.69) is 5.32 Å². The first kappa shape index (κ1) is 14.9. The van der Waals surface area contributed by atoms with Crippen molar-refractivity contribution in [2.24, 2.45) is 11.5 Å². The van der Waals surface area contributed by atoms with E-state index in [0.29, 0.717) is 13.2 Å². The first-order valence-electron chi connectivity index (χ1n) is 6.20. The summed E-state index contributed by atoms with van der Waals surface area (Å²) in [5, 5.41) is 2.10. The zero-order valence-corrected chi connectivity index (χ0v) is 10.7. The minimum Gasteiger partial charge on any atom is -0.377 e. The molecule has 1 fully saturated rings. The van der Waals surface area contributed by atoms with E-state index in [1.54, 1.807) is 6.92 Å². The number of amides is 3. The predicted octanol–water partition coefficient (Wildman–Crippen LogP) is -0.990. The normalized spacial score (nSPS) is 19.4. The monoisotopic (exact) mass is 258 g/mol. The van der Waals surface area contributed by atoms with Crippen LogP contribution in [0.25, 0.3) is 0 Å². The van der Waals surface area contributed by atoms with Gasteiger partial charge in [0.15, 0.2) is 0 Å². The number of imide groups is 1. The van der Waals surface area contributed by atoms with Crippen LogP contribution in [0.5, 0.6) is 0 Å². The highest BCUT2D eigenvalue weighted by atomic mass is 16.5. The number of ether oxygens (including phenoxy) is 1. The van der Waals surface area contributed by atoms with E-state index < -0.39 is 6.03 Å². The summed E-state index contributed by atoms with van der Waals surface area (Å²) in [7, 11) is 0. The summed E-state index contributed by atoms with van der Waals surface area (Å²) in [4.78, 5) is 24.2. The van der Waals surface area contributed by atoms with Crippen molar-refractivity contribution in [2.75, 3.05) is 26.2 Å². The lowest BCUT2D eigenvalue weighted by Crippen LogP contribution is -2.51. The molecule has 0 aromatic carbocycles. The van der Waals surface area contributed by atoms with E-state index in [9.17, 15) is 9.59 Å². The molecule has 1 heterocycles. The highest BCUT2D eigenvalue weighted by molar-refractivity contribution is 5.96. The summed E-state index contributed by atoms with van der Waals surface area (Å²) in [6, 6.07) is -1.17. The second kappa shape index (κ2) is 7.30. The molecular formula is C11H22N4O3. The van der Waals surface area contributed by atoms with E-state index in [4.69, 9.17) is 16.2 Å². The third kappa shape index (κ3) is 4.59. The lowest BCUT2D eigenvalue weighted by Gasteiger charge is -2.34. The summed E-state index contributed by atoms with van der Waals surface area (Å²) in [5.41, 5.74) is 10.3. The third-order valence-corrected chi connectivity index (χ3v) is 3.12. The number of hydrogen-bond donors (Lipinski definition) is 3. The second-order valence-corrected chi connectivity index (χ2v) is 4.42. The summed E-state index contributed by atoms with van der Waals surface area (Å²) in [5.74, 6) is -0.358. The zero-order valence-electron chi connectivity index (χ0n) is 10.7. The highest BCUT2D eigenvalue weighted by Gasteiger charge is 2.27. The van der Waals surface area contributed by atoms with Crippen LogP contribution < -0.4 is 16.8 Å². The quantitative estimate of drug-likeness (QED) is 0.586. The lowest BCUT2D eigenvalue weighted by atomic mass is 10.1. The fourth-order valence-electron chi connectivity index (χ4n) is 2.06. The Morgan fingerprint density at radius 2 is 2.06 bits per heavy atom. The molecule has 1 aliphatic rings. The van der Waals surface area contributed by atoms with Gasteiger partial charge in [0.05, 0.1) is 18.8 Å². The van der Waals surface area contributed by atoms with Crippen LogP contribution in [0, 0.1) is 0 Å². The molecule has 0 spiro atoms. The number of hydrogen-bond acceptors (Lipinski definition) is 5. The summed E-state index contributed by atoms with van der Waals surface area (Å²) in [6.07, 6.45) is 1.96. The maximum atomic E-state index is 11.6. The van der Waals surface area contributed by atoms with Gasteiger partial charge in [-0.2, -0.15) is 0 Å². The topological polar surface area (TPSA) is 111 Å². The van der Waals surface area contributed by atoms with Gasteiger partial charge < -0.3 is 16.2 Å². The van der Waals surface area contributed by atoms with Gasteiger partial charge in [0.2, 0.25) is 5.91 Å². The zero-order chi connectivity index (χ0) is 13.5. The van der Waals surface area contributed by atoms with Crippen LogP contribution in [0.2, 0.25) is 0 Å². The largest absolute Gasteiger partial charge is 0.377 e. The van der Waals surface area contributed by atoms with Crippen LogP contribution in [0.1, 0.15) is 19.8 Å². The molecule has 1 rings (SSSR count). The van der Waals surface area contributed by atoms with Crippen LogP contribution in [0.15, 0.2) is 0 Å². The lowest BCUT2D eigenvalue weighted by molar-refractivity contribution is -0.125. The third-order valence-electron chi connectivity index (χ3n) is 3.12. The Bertz CT molecular complexity index is 290. The van der Waals surface area contributed by atoms with Gasteiger partial charge >= 0.3 is 6.03 Å². The predicted molar refractivity (Wildman–Crippen MR) is 66.8 cm³/mol. The van der Waals surface area contributed by atoms with E-state index in [1.807, 2.05) is 4.90 Å². The molecular weight excluding hydrogens is 236 g/mol. The fraction of sp³-hybridized carbons (Fsp3) is 0.818. The van der Waals surface area contributed by atoms with Crippen molar-refractivity contribution in [3.05, 3.63) is 0 Å². The molecule has 1 saturated heterocycles. The molecule has 104 valence electrons. The Balaban J connectivity index is 2.33. The molecule has 7 nitrogen and oxygen atoms in total. The van der Waals surface area contributed by atoms with Crippen LogP contribution in [-0.4, -0.2) is 55.2 Å². The SMILES string of the molecule is CC(C(=O)NC(N)=O)N1CCC(OCCN)CC1. The smallest absolute Gasteiger partial charge is 0.318 e. The Labute approximate surface area is 107 Å². The van der Waals surface area contributed by atoms with Gasteiger partial charge in [-0.3, -0.25) is 15.0 Å². The van der Waals surface area contributed by atoms with Gasteiger partial charge in [-0.1, -0.05) is 0 Å². The van der Waals surface area contributed by atoms with E-state index >= 15 is 0 Å². The van der Waals surface area contributed by atoms with Gasteiger partial charge in [-0.25, -0.2) is 4.79 Å². The molecule has 1 atom stereocenters. The summed E-state index contributed by atoms with van der Waals surface area (Å²) in [6.45, 7) is 4.39. The number of carbonyl (C=O) groups excluding carboxylic acids is 2. The van der Waals surface area contributed by atoms with Gasteiger partial charge in [-0.15, -0.1) is 0 Å². The number of carbonyl (C=O) groups is 2. The number of urea groups is 1. The number of primary amides is 1. The van der Waals surface area contributed by atoms with Crippen molar-refractivity contribution in [2.45, 2.75) is 31.9 Å². The molecule has 3 amide bonds. The van der Waals surface area contributed by atoms with Crippen LogP contribution in [0.3, 0.4) is 0 Å². The molecule has 1 aliphatic heterocycles. The number of nitrogens with zero attached hydrogens (tertiary/aromatic N) is 1. The van der Waals surface area contributed by atoms with E-state index in [1.165, 1.54) is 0 Å². The van der Waals surface area contributed by atoms with Crippen molar-refractivity contribution >= 4 is 11.9 Å². The molecule has 0 saturated carbocycles. The molecule has 0 aliphatic carbocycles. The minimum absolute atomic E-state index is 0.219. The Hall–Kier alpha value is -1.18. The van der Waals surface area contributed by atoms with Gasteiger partial charge in [-0.05, 0) is 19.8 Å². The molecule has 0 aromatic heterocycles. The van der Waals surface area contributed by atoms with E-state index in [0.717, 1.165) is 25.9 Å². The molecule has 5 N–H and O–H groups in total. The van der Waals surface area contributed by atoms with E-state index in [-0.39, 0.29) is 18.1 Å². The Morgan fingerprint density at radius 1 is 1.44 bits per heavy atom. The van der Waals surface area contributed by atoms with Crippen molar-refractivity contribution < 1.29 is 14.3 Å². The van der Waals surface area contributed by atoms with Gasteiger partial charge in [0, 0.05) is 19.6 Å². The van der Waals surface area contributed by atoms with Gasteiger partial charge in [0.1, 0.15) is 0 Å². The number of nitrogens with one attached hydrogen (secondary N) is 1. The molecule has 0 radical (unpaired) electrons. The van der Waals surface area contributed by atoms with Crippen molar-refractivity contribution in [1.82, 2.24) is 10.2 Å². The molecule has 0 aromatic rings. The average molecular weight is 258 g/mol. The van der Waals surface area contributed by atoms with Gasteiger partial charge in [0.25, 0.3) is 0 Å². The Morgan fingerprint density at radius 3 is 2.56 bits per heavy atom. The number of piperidine rings is 1. The van der Waals surface area contributed by atoms with Crippen molar-refractivity contribution in [1.29, 1.82) is 0 Å². The molecule has 0 bridgehead atoms. The van der Waals surface area contributed by atoms with Crippen molar-refractivity contribution in [3.63, 3.8) is 0 Å². The highest BCUT2D eigenvalue weighted by Crippen LogP contribution is 2.15. The number of rotatable bonds is 5. The number of nitrogens with two attached hydrogens (primary N) is 2. The standard InChI is InChI=1S/C11H22N4O3/c1-8(10(16)14-11(13)17)15-5-2-9(3-6-15)18-7-4-12/h8-9H,2-7,12H2,1H3,(H3,13,14,16,17). The first-order valence-corrected chi connectivity index (χ1v) is 6.20. The van der Waals surface area contributed by atoms with Crippen molar-refractivity contribution in [3.8, 4) is 0 Å². The second-order valence-electron chi connectivity index (χ2n) is 4.42. The maximum Gasteiger partial charge on any atom is 0.318 e. The van der Waals surface area contributed by atoms with Crippen LogP contribution in [-0.2, 0) is 9.53 Å². The Kier molecular flexibility index (Phi) is 6.03. The first-order chi connectivity index (χ1) is 8.54. The summed E-state index contributed by atoms with van der Waals surface area (Å²) >= 11 is 0. The minimum atomic E-state index is -0.812. The molecule has 7 heteroatoms. The molecule has 18 heavy (non-hydrogen) atoms. The molecule has 1 unspecified atom stereocenters. The van der Waals surface area contributed by atoms with Crippen LogP contribution in [0.4, 0.5) is 4.79 Å². The maximum absolute atomic E-state index is 11.6. The fourth-order valence-corrected chi connectivity index (χ4v) is 2.06. The number of likely N-dealkylation sites (tertiary alicyclic amines) is 1.